The van der Waals surface area contributed by atoms with Gasteiger partial charge in [-0.05, 0) is 6.07 Å². The lowest BCUT2D eigenvalue weighted by molar-refractivity contribution is 0.558. The molecule has 0 N–H and O–H groups in total. The van der Waals surface area contributed by atoms with Gasteiger partial charge >= 0.3 is 0 Å². The third kappa shape index (κ3) is 1.51. The zero-order chi connectivity index (χ0) is 10.8. The lowest BCUT2D eigenvalue weighted by Gasteiger charge is -2.02. The smallest absolute Gasteiger partial charge is 0.181 e. The predicted molar refractivity (Wildman–Crippen MR) is 60.8 cm³/mol. The van der Waals surface area contributed by atoms with E-state index in [0.29, 0.717) is 0 Å². The van der Waals surface area contributed by atoms with E-state index in [1.807, 2.05) is 17.0 Å². The van der Waals surface area contributed by atoms with E-state index in [1.54, 1.807) is 30.0 Å². The summed E-state index contributed by atoms with van der Waals surface area (Å²) < 4.78 is 4.98. The maximum absolute atomic E-state index is 4.98. The van der Waals surface area contributed by atoms with Crippen LogP contribution in [0.4, 0.5) is 0 Å². The van der Waals surface area contributed by atoms with Gasteiger partial charge in [-0.15, -0.1) is 11.3 Å². The van der Waals surface area contributed by atoms with Crippen molar-refractivity contribution in [2.75, 3.05) is 0 Å². The molecule has 0 aliphatic carbocycles. The van der Waals surface area contributed by atoms with Gasteiger partial charge in [-0.25, -0.2) is 9.97 Å². The largest absolute Gasteiger partial charge is 0.451 e. The van der Waals surface area contributed by atoms with Crippen molar-refractivity contribution in [3.63, 3.8) is 0 Å². The number of pyridine rings is 1. The molecule has 0 bridgehead atoms. The van der Waals surface area contributed by atoms with Crippen molar-refractivity contribution in [3.8, 4) is 22.5 Å². The Morgan fingerprint density at radius 1 is 1.12 bits per heavy atom. The average molecular weight is 229 g/mol. The average Bonchev–Trinajstić information content (AvgIpc) is 3.03. The SMILES string of the molecule is c1cc(-c2cscn2)c(-c2cocn2)cn1. The maximum atomic E-state index is 4.98. The monoisotopic (exact) mass is 229 g/mol. The molecule has 0 unspecified atom stereocenters. The molecule has 0 amide bonds. The van der Waals surface area contributed by atoms with Gasteiger partial charge < -0.3 is 4.42 Å². The fourth-order valence-electron chi connectivity index (χ4n) is 1.51. The van der Waals surface area contributed by atoms with Crippen LogP contribution >= 0.6 is 11.3 Å². The highest BCUT2D eigenvalue weighted by Crippen LogP contribution is 2.29. The highest BCUT2D eigenvalue weighted by Gasteiger charge is 2.10. The molecule has 0 aliphatic heterocycles. The van der Waals surface area contributed by atoms with Gasteiger partial charge in [0.25, 0.3) is 0 Å². The summed E-state index contributed by atoms with van der Waals surface area (Å²) in [5.74, 6) is 0. The van der Waals surface area contributed by atoms with Crippen LogP contribution in [-0.2, 0) is 0 Å². The van der Waals surface area contributed by atoms with Crippen LogP contribution in [0.2, 0.25) is 0 Å². The Bertz CT molecular complexity index is 522. The van der Waals surface area contributed by atoms with Crippen LogP contribution in [0, 0.1) is 0 Å². The zero-order valence-corrected chi connectivity index (χ0v) is 9.02. The summed E-state index contributed by atoms with van der Waals surface area (Å²) in [6.07, 6.45) is 6.53. The maximum Gasteiger partial charge on any atom is 0.181 e. The van der Waals surface area contributed by atoms with Crippen molar-refractivity contribution < 1.29 is 4.42 Å². The predicted octanol–water partition coefficient (Wildman–Crippen LogP) is 2.86. The number of oxazole rings is 1. The van der Waals surface area contributed by atoms with Crippen molar-refractivity contribution in [2.24, 2.45) is 0 Å². The first-order valence-corrected chi connectivity index (χ1v) is 5.60. The Morgan fingerprint density at radius 2 is 2.12 bits per heavy atom. The third-order valence-electron chi connectivity index (χ3n) is 2.24. The molecule has 3 aromatic rings. The summed E-state index contributed by atoms with van der Waals surface area (Å²) in [6, 6.07) is 1.93. The van der Waals surface area contributed by atoms with Crippen molar-refractivity contribution in [1.82, 2.24) is 15.0 Å². The van der Waals surface area contributed by atoms with E-state index in [9.17, 15) is 0 Å². The fraction of sp³-hybridized carbons (Fsp3) is 0. The molecule has 0 spiro atoms. The van der Waals surface area contributed by atoms with E-state index in [2.05, 4.69) is 15.0 Å². The molecule has 78 valence electrons. The molecule has 0 atom stereocenters. The topological polar surface area (TPSA) is 51.8 Å². The molecule has 0 saturated carbocycles. The van der Waals surface area contributed by atoms with Gasteiger partial charge in [0, 0.05) is 28.9 Å². The fourth-order valence-corrected chi connectivity index (χ4v) is 2.07. The standard InChI is InChI=1S/C11H7N3OS/c1-2-12-3-9(10-4-15-6-13-10)8(1)11-5-16-7-14-11/h1-7H. The van der Waals surface area contributed by atoms with Crippen molar-refractivity contribution in [2.45, 2.75) is 0 Å². The first kappa shape index (κ1) is 9.23. The second-order valence-corrected chi connectivity index (χ2v) is 3.89. The van der Waals surface area contributed by atoms with Gasteiger partial charge in [0.15, 0.2) is 6.39 Å². The third-order valence-corrected chi connectivity index (χ3v) is 2.82. The van der Waals surface area contributed by atoms with E-state index in [4.69, 9.17) is 4.42 Å². The number of hydrogen-bond donors (Lipinski definition) is 0. The van der Waals surface area contributed by atoms with Crippen LogP contribution in [-0.4, -0.2) is 15.0 Å². The second kappa shape index (κ2) is 3.86. The molecular formula is C11H7N3OS. The molecule has 0 saturated heterocycles. The van der Waals surface area contributed by atoms with Crippen LogP contribution in [0.25, 0.3) is 22.5 Å². The van der Waals surface area contributed by atoms with Gasteiger partial charge in [0.05, 0.1) is 11.2 Å². The number of rotatable bonds is 2. The summed E-state index contributed by atoms with van der Waals surface area (Å²) in [6.45, 7) is 0. The Hall–Kier alpha value is -2.01. The highest BCUT2D eigenvalue weighted by molar-refractivity contribution is 7.07. The summed E-state index contributed by atoms with van der Waals surface area (Å²) >= 11 is 1.57. The zero-order valence-electron chi connectivity index (χ0n) is 8.20. The minimum absolute atomic E-state index is 0.774. The van der Waals surface area contributed by atoms with Crippen LogP contribution in [0.3, 0.4) is 0 Å². The van der Waals surface area contributed by atoms with Crippen LogP contribution in [0.15, 0.2) is 46.4 Å². The van der Waals surface area contributed by atoms with Crippen molar-refractivity contribution >= 4 is 11.3 Å². The molecule has 0 aromatic carbocycles. The normalized spacial score (nSPS) is 10.5. The quantitative estimate of drug-likeness (QED) is 0.678. The molecule has 0 radical (unpaired) electrons. The first-order valence-electron chi connectivity index (χ1n) is 4.66. The Kier molecular flexibility index (Phi) is 2.23. The van der Waals surface area contributed by atoms with Gasteiger partial charge in [0.1, 0.15) is 12.0 Å². The van der Waals surface area contributed by atoms with E-state index in [0.717, 1.165) is 22.5 Å². The molecule has 5 heteroatoms. The van der Waals surface area contributed by atoms with Crippen LogP contribution in [0.1, 0.15) is 0 Å². The van der Waals surface area contributed by atoms with Crippen LogP contribution < -0.4 is 0 Å². The number of aromatic nitrogens is 3. The Labute approximate surface area is 95.6 Å². The van der Waals surface area contributed by atoms with E-state index < -0.39 is 0 Å². The first-order chi connectivity index (χ1) is 7.95. The molecule has 4 nitrogen and oxygen atoms in total. The van der Waals surface area contributed by atoms with Gasteiger partial charge in [0.2, 0.25) is 0 Å². The van der Waals surface area contributed by atoms with Gasteiger partial charge in [-0.1, -0.05) is 0 Å². The summed E-state index contributed by atoms with van der Waals surface area (Å²) in [5, 5.41) is 2.00. The van der Waals surface area contributed by atoms with Crippen molar-refractivity contribution in [1.29, 1.82) is 0 Å². The molecule has 3 heterocycles. The Morgan fingerprint density at radius 3 is 2.88 bits per heavy atom. The van der Waals surface area contributed by atoms with E-state index in [-0.39, 0.29) is 0 Å². The lowest BCUT2D eigenvalue weighted by Crippen LogP contribution is -1.86. The number of nitrogens with zero attached hydrogens (tertiary/aromatic N) is 3. The highest BCUT2D eigenvalue weighted by atomic mass is 32.1. The molecule has 3 rings (SSSR count). The minimum Gasteiger partial charge on any atom is -0.451 e. The molecule has 0 fully saturated rings. The molecule has 3 aromatic heterocycles. The van der Waals surface area contributed by atoms with E-state index >= 15 is 0 Å². The number of hydrogen-bond acceptors (Lipinski definition) is 5. The van der Waals surface area contributed by atoms with E-state index in [1.165, 1.54) is 6.39 Å². The second-order valence-electron chi connectivity index (χ2n) is 3.17. The minimum atomic E-state index is 0.774. The Balaban J connectivity index is 2.19. The molecular weight excluding hydrogens is 222 g/mol. The van der Waals surface area contributed by atoms with Gasteiger partial charge in [-0.3, -0.25) is 4.98 Å². The lowest BCUT2D eigenvalue weighted by atomic mass is 10.1. The van der Waals surface area contributed by atoms with Gasteiger partial charge in [-0.2, -0.15) is 0 Å². The summed E-state index contributed by atoms with van der Waals surface area (Å²) in [4.78, 5) is 12.5. The molecule has 0 aliphatic rings. The van der Waals surface area contributed by atoms with Crippen LogP contribution in [0.5, 0.6) is 0 Å². The van der Waals surface area contributed by atoms with Crippen molar-refractivity contribution in [3.05, 3.63) is 42.0 Å². The number of thiazole rings is 1. The molecule has 16 heavy (non-hydrogen) atoms. The summed E-state index contributed by atoms with van der Waals surface area (Å²) in [5.41, 5.74) is 5.47. The summed E-state index contributed by atoms with van der Waals surface area (Å²) in [7, 11) is 0.